The van der Waals surface area contributed by atoms with E-state index < -0.39 is 0 Å². The molecule has 38 heavy (non-hydrogen) atoms. The molecular formula is C27H33N9OS. The van der Waals surface area contributed by atoms with Crippen molar-refractivity contribution < 1.29 is 0 Å². The number of nitrogens with zero attached hydrogens (tertiary/aromatic N) is 6. The maximum Gasteiger partial charge on any atom is 0.261 e. The van der Waals surface area contributed by atoms with Gasteiger partial charge in [-0.05, 0) is 30.5 Å². The first-order valence-electron chi connectivity index (χ1n) is 12.4. The van der Waals surface area contributed by atoms with E-state index in [1.165, 1.54) is 0 Å². The quantitative estimate of drug-likeness (QED) is 0.293. The van der Waals surface area contributed by atoms with Crippen molar-refractivity contribution in [1.82, 2.24) is 34.8 Å². The number of thiophene rings is 1. The van der Waals surface area contributed by atoms with Crippen molar-refractivity contribution in [3.05, 3.63) is 58.3 Å². The van der Waals surface area contributed by atoms with Crippen molar-refractivity contribution in [1.29, 1.82) is 0 Å². The van der Waals surface area contributed by atoms with E-state index >= 15 is 0 Å². The van der Waals surface area contributed by atoms with Gasteiger partial charge in [0, 0.05) is 44.6 Å². The minimum Gasteiger partial charge on any atom is -0.373 e. The monoisotopic (exact) mass is 531 g/mol. The third kappa shape index (κ3) is 4.74. The van der Waals surface area contributed by atoms with Gasteiger partial charge in [-0.2, -0.15) is 0 Å². The molecule has 0 unspecified atom stereocenters. The number of anilines is 2. The predicted molar refractivity (Wildman–Crippen MR) is 155 cm³/mol. The SMILES string of the molecule is C.CC(C)[C@H](Nc1c(-c2nc3cc(N4CCN(C)CC4)ncc3[nH]2)c(=O)[nH]c2ccsc12)c1ncccn1. The van der Waals surface area contributed by atoms with Crippen LogP contribution < -0.4 is 15.8 Å². The van der Waals surface area contributed by atoms with Gasteiger partial charge >= 0.3 is 0 Å². The second kappa shape index (κ2) is 10.5. The first-order chi connectivity index (χ1) is 18.0. The topological polar surface area (TPSA) is 119 Å². The molecule has 3 N–H and O–H groups in total. The van der Waals surface area contributed by atoms with E-state index in [0.29, 0.717) is 17.2 Å². The molecule has 5 aromatic heterocycles. The van der Waals surface area contributed by atoms with E-state index in [0.717, 1.165) is 58.9 Å². The number of hydrogen-bond donors (Lipinski definition) is 3. The number of aromatic amines is 2. The number of H-pyrrole nitrogens is 2. The molecule has 1 atom stereocenters. The van der Waals surface area contributed by atoms with Gasteiger partial charge in [0.2, 0.25) is 0 Å². The fraction of sp³-hybridized carbons (Fsp3) is 0.370. The Morgan fingerprint density at radius 3 is 2.55 bits per heavy atom. The van der Waals surface area contributed by atoms with Crippen LogP contribution in [0.1, 0.15) is 33.1 Å². The number of hydrogen-bond acceptors (Lipinski definition) is 9. The van der Waals surface area contributed by atoms with Crippen molar-refractivity contribution in [3.8, 4) is 11.4 Å². The summed E-state index contributed by atoms with van der Waals surface area (Å²) in [6.07, 6.45) is 5.28. The molecule has 0 aromatic carbocycles. The van der Waals surface area contributed by atoms with Gasteiger partial charge in [-0.15, -0.1) is 11.3 Å². The largest absolute Gasteiger partial charge is 0.373 e. The van der Waals surface area contributed by atoms with Crippen LogP contribution in [0.3, 0.4) is 0 Å². The van der Waals surface area contributed by atoms with Gasteiger partial charge in [-0.3, -0.25) is 4.79 Å². The van der Waals surface area contributed by atoms with E-state index in [-0.39, 0.29) is 24.9 Å². The van der Waals surface area contributed by atoms with Gasteiger partial charge in [-0.1, -0.05) is 21.3 Å². The Bertz CT molecular complexity index is 1600. The van der Waals surface area contributed by atoms with Crippen molar-refractivity contribution in [2.24, 2.45) is 5.92 Å². The molecule has 6 rings (SSSR count). The summed E-state index contributed by atoms with van der Waals surface area (Å²) >= 11 is 1.57. The number of nitrogens with one attached hydrogen (secondary N) is 3. The zero-order valence-corrected chi connectivity index (χ0v) is 21.8. The Labute approximate surface area is 225 Å². The Morgan fingerprint density at radius 1 is 1.05 bits per heavy atom. The number of likely N-dealkylation sites (N-methyl/N-ethyl adjacent to an activating group) is 1. The number of aromatic nitrogens is 6. The molecule has 0 spiro atoms. The van der Waals surface area contributed by atoms with Crippen LogP contribution in [-0.4, -0.2) is 68.0 Å². The highest BCUT2D eigenvalue weighted by Crippen LogP contribution is 2.37. The zero-order chi connectivity index (χ0) is 25.5. The fourth-order valence-electron chi connectivity index (χ4n) is 4.76. The van der Waals surface area contributed by atoms with Crippen LogP contribution in [0.5, 0.6) is 0 Å². The van der Waals surface area contributed by atoms with Crippen LogP contribution in [-0.2, 0) is 0 Å². The molecule has 6 heterocycles. The lowest BCUT2D eigenvalue weighted by Crippen LogP contribution is -2.44. The van der Waals surface area contributed by atoms with Gasteiger partial charge < -0.3 is 25.1 Å². The molecule has 1 saturated heterocycles. The maximum atomic E-state index is 13.5. The lowest BCUT2D eigenvalue weighted by atomic mass is 10.0. The molecule has 5 aromatic rings. The predicted octanol–water partition coefficient (Wildman–Crippen LogP) is 4.52. The average molecular weight is 532 g/mol. The summed E-state index contributed by atoms with van der Waals surface area (Å²) < 4.78 is 0.952. The molecule has 0 saturated carbocycles. The Hall–Kier alpha value is -3.83. The summed E-state index contributed by atoms with van der Waals surface area (Å²) in [5.41, 5.74) is 3.34. The fourth-order valence-corrected chi connectivity index (χ4v) is 5.62. The molecule has 0 aliphatic carbocycles. The molecule has 10 nitrogen and oxygen atoms in total. The molecular weight excluding hydrogens is 498 g/mol. The number of pyridine rings is 2. The summed E-state index contributed by atoms with van der Waals surface area (Å²) in [4.78, 5) is 42.9. The van der Waals surface area contributed by atoms with Gasteiger partial charge in [0.25, 0.3) is 5.56 Å². The zero-order valence-electron chi connectivity index (χ0n) is 21.0. The van der Waals surface area contributed by atoms with Crippen LogP contribution in [0.15, 0.2) is 47.0 Å². The lowest BCUT2D eigenvalue weighted by molar-refractivity contribution is 0.312. The van der Waals surface area contributed by atoms with Gasteiger partial charge in [0.1, 0.15) is 17.2 Å². The maximum absolute atomic E-state index is 13.5. The Kier molecular flexibility index (Phi) is 7.13. The van der Waals surface area contributed by atoms with Crippen molar-refractivity contribution >= 4 is 44.1 Å². The highest BCUT2D eigenvalue weighted by molar-refractivity contribution is 7.17. The van der Waals surface area contributed by atoms with E-state index in [1.807, 2.05) is 17.5 Å². The number of piperazine rings is 1. The van der Waals surface area contributed by atoms with Gasteiger partial charge in [0.05, 0.1) is 39.2 Å². The summed E-state index contributed by atoms with van der Waals surface area (Å²) in [7, 11) is 2.13. The smallest absolute Gasteiger partial charge is 0.261 e. The van der Waals surface area contributed by atoms with Gasteiger partial charge in [-0.25, -0.2) is 19.9 Å². The molecule has 1 aliphatic rings. The third-order valence-corrected chi connectivity index (χ3v) is 7.80. The van der Waals surface area contributed by atoms with Gasteiger partial charge in [0.15, 0.2) is 5.82 Å². The molecule has 0 amide bonds. The summed E-state index contributed by atoms with van der Waals surface area (Å²) in [6.45, 7) is 8.07. The number of rotatable bonds is 6. The van der Waals surface area contributed by atoms with E-state index in [9.17, 15) is 4.79 Å². The van der Waals surface area contributed by atoms with Crippen molar-refractivity contribution in [2.45, 2.75) is 27.3 Å². The summed E-state index contributed by atoms with van der Waals surface area (Å²) in [5, 5.41) is 5.60. The minimum atomic E-state index is -0.212. The molecule has 0 bridgehead atoms. The average Bonchev–Trinajstić information content (AvgIpc) is 3.54. The van der Waals surface area contributed by atoms with Crippen LogP contribution in [0.25, 0.3) is 32.6 Å². The number of imidazole rings is 1. The van der Waals surface area contributed by atoms with Crippen molar-refractivity contribution in [3.63, 3.8) is 0 Å². The van der Waals surface area contributed by atoms with Crippen LogP contribution in [0.2, 0.25) is 0 Å². The second-order valence-corrected chi connectivity index (χ2v) is 10.7. The van der Waals surface area contributed by atoms with E-state index in [2.05, 4.69) is 60.9 Å². The summed E-state index contributed by atoms with van der Waals surface area (Å²) in [5.74, 6) is 2.26. The van der Waals surface area contributed by atoms with Crippen LogP contribution in [0, 0.1) is 5.92 Å². The summed E-state index contributed by atoms with van der Waals surface area (Å²) in [6, 6.07) is 5.53. The first-order valence-corrected chi connectivity index (χ1v) is 13.3. The molecule has 1 aliphatic heterocycles. The highest BCUT2D eigenvalue weighted by atomic mass is 32.1. The highest BCUT2D eigenvalue weighted by Gasteiger charge is 2.25. The third-order valence-electron chi connectivity index (χ3n) is 6.87. The van der Waals surface area contributed by atoms with Crippen LogP contribution in [0.4, 0.5) is 11.5 Å². The minimum absolute atomic E-state index is 0. The number of fused-ring (bicyclic) bond motifs is 2. The van der Waals surface area contributed by atoms with Crippen molar-refractivity contribution in [2.75, 3.05) is 43.4 Å². The van der Waals surface area contributed by atoms with Crippen LogP contribution >= 0.6 is 11.3 Å². The molecule has 198 valence electrons. The molecule has 11 heteroatoms. The second-order valence-electron chi connectivity index (χ2n) is 9.78. The Balaban J connectivity index is 0.00000294. The normalized spacial score (nSPS) is 15.2. The van der Waals surface area contributed by atoms with E-state index in [1.54, 1.807) is 36.0 Å². The first kappa shape index (κ1) is 25.8. The Morgan fingerprint density at radius 2 is 1.82 bits per heavy atom. The molecule has 1 fully saturated rings. The molecule has 0 radical (unpaired) electrons. The standard InChI is InChI=1S/C26H29N9OS.CH4/c1-15(2)21(25-27-6-4-7-28-25)33-22-20(26(36)32-16-5-12-37-23(16)22)24-30-17-13-19(29-14-18(17)31-24)35-10-8-34(3)9-11-35;/h4-7,12-15,21H,8-11H2,1-3H3,(H,30,31)(H2,32,33,36);1H4/t21-;/m0./s1. The van der Waals surface area contributed by atoms with E-state index in [4.69, 9.17) is 4.98 Å². The lowest BCUT2D eigenvalue weighted by Gasteiger charge is -2.33.